The second-order valence-electron chi connectivity index (χ2n) is 6.25. The lowest BCUT2D eigenvalue weighted by atomic mass is 10.0. The van der Waals surface area contributed by atoms with Crippen molar-refractivity contribution in [2.75, 3.05) is 6.54 Å². The van der Waals surface area contributed by atoms with Gasteiger partial charge in [0.25, 0.3) is 0 Å². The summed E-state index contributed by atoms with van der Waals surface area (Å²) in [6.07, 6.45) is 7.19. The fourth-order valence-electron chi connectivity index (χ4n) is 2.47. The van der Waals surface area contributed by atoms with Crippen LogP contribution in [0, 0.1) is 0 Å². The summed E-state index contributed by atoms with van der Waals surface area (Å²) >= 11 is 0. The van der Waals surface area contributed by atoms with Gasteiger partial charge in [0.1, 0.15) is 6.54 Å². The number of nitrogens with one attached hydrogen (secondary N) is 2. The van der Waals surface area contributed by atoms with Crippen molar-refractivity contribution in [3.8, 4) is 0 Å². The molecular weight excluding hydrogens is 240 g/mol. The summed E-state index contributed by atoms with van der Waals surface area (Å²) < 4.78 is 1.95. The van der Waals surface area contributed by atoms with Crippen LogP contribution in [0.1, 0.15) is 51.8 Å². The number of nitrogens with zero attached hydrogens (tertiary/aromatic N) is 2. The van der Waals surface area contributed by atoms with Crippen LogP contribution >= 0.6 is 0 Å². The van der Waals surface area contributed by atoms with Crippen LogP contribution in [0.25, 0.3) is 0 Å². The Morgan fingerprint density at radius 2 is 2.32 bits per heavy atom. The van der Waals surface area contributed by atoms with Crippen LogP contribution in [-0.2, 0) is 11.3 Å². The van der Waals surface area contributed by atoms with E-state index < -0.39 is 0 Å². The summed E-state index contributed by atoms with van der Waals surface area (Å²) in [5.74, 6) is 0.0301. The molecular formula is C14H24N4O. The van der Waals surface area contributed by atoms with Crippen molar-refractivity contribution in [2.24, 2.45) is 0 Å². The zero-order valence-corrected chi connectivity index (χ0v) is 12.1. The van der Waals surface area contributed by atoms with Gasteiger partial charge in [-0.05, 0) is 40.2 Å². The van der Waals surface area contributed by atoms with E-state index in [1.807, 2.05) is 31.5 Å². The summed E-state index contributed by atoms with van der Waals surface area (Å²) in [4.78, 5) is 16.2. The molecule has 106 valence electrons. The van der Waals surface area contributed by atoms with E-state index in [0.29, 0.717) is 12.6 Å². The third kappa shape index (κ3) is 4.06. The highest BCUT2D eigenvalue weighted by Crippen LogP contribution is 2.22. The molecule has 0 spiro atoms. The van der Waals surface area contributed by atoms with Crippen molar-refractivity contribution >= 4 is 5.91 Å². The Kier molecular flexibility index (Phi) is 4.24. The number of hydrogen-bond donors (Lipinski definition) is 2. The summed E-state index contributed by atoms with van der Waals surface area (Å²) in [5.41, 5.74) is 0.921. The van der Waals surface area contributed by atoms with Crippen molar-refractivity contribution in [1.29, 1.82) is 0 Å². The van der Waals surface area contributed by atoms with Crippen LogP contribution in [-0.4, -0.2) is 27.5 Å². The van der Waals surface area contributed by atoms with Crippen LogP contribution < -0.4 is 10.6 Å². The van der Waals surface area contributed by atoms with Crippen molar-refractivity contribution in [1.82, 2.24) is 20.2 Å². The summed E-state index contributed by atoms with van der Waals surface area (Å²) in [6.45, 7) is 7.35. The summed E-state index contributed by atoms with van der Waals surface area (Å²) in [7, 11) is 0. The number of carbonyl (C=O) groups excluding carboxylic acids is 1. The van der Waals surface area contributed by atoms with Gasteiger partial charge < -0.3 is 15.2 Å². The van der Waals surface area contributed by atoms with Crippen molar-refractivity contribution in [2.45, 2.75) is 58.2 Å². The third-order valence-corrected chi connectivity index (χ3v) is 3.24. The van der Waals surface area contributed by atoms with Gasteiger partial charge in [0.05, 0.1) is 12.0 Å². The SMILES string of the molecule is CC(C)(C)NC(=O)Cn1cncc1C1CCCCN1. The maximum atomic E-state index is 12.0. The molecule has 5 heteroatoms. The molecule has 0 saturated carbocycles. The Morgan fingerprint density at radius 3 is 2.95 bits per heavy atom. The predicted molar refractivity (Wildman–Crippen MR) is 74.7 cm³/mol. The second-order valence-corrected chi connectivity index (χ2v) is 6.25. The van der Waals surface area contributed by atoms with E-state index in [2.05, 4.69) is 15.6 Å². The van der Waals surface area contributed by atoms with Crippen LogP contribution in [0.3, 0.4) is 0 Å². The molecule has 1 saturated heterocycles. The first-order valence-corrected chi connectivity index (χ1v) is 7.00. The first kappa shape index (κ1) is 14.1. The Morgan fingerprint density at radius 1 is 1.53 bits per heavy atom. The molecule has 2 N–H and O–H groups in total. The fourth-order valence-corrected chi connectivity index (χ4v) is 2.47. The lowest BCUT2D eigenvalue weighted by molar-refractivity contribution is -0.123. The number of rotatable bonds is 3. The first-order chi connectivity index (χ1) is 8.96. The highest BCUT2D eigenvalue weighted by molar-refractivity contribution is 5.76. The molecule has 0 radical (unpaired) electrons. The van der Waals surface area contributed by atoms with Gasteiger partial charge in [-0.1, -0.05) is 6.42 Å². The number of amides is 1. The molecule has 1 aromatic rings. The largest absolute Gasteiger partial charge is 0.350 e. The minimum Gasteiger partial charge on any atom is -0.350 e. The molecule has 1 unspecified atom stereocenters. The number of carbonyl (C=O) groups is 1. The molecule has 0 aromatic carbocycles. The normalized spacial score (nSPS) is 20.3. The van der Waals surface area contributed by atoms with Gasteiger partial charge in [0, 0.05) is 17.8 Å². The first-order valence-electron chi connectivity index (χ1n) is 7.00. The smallest absolute Gasteiger partial charge is 0.240 e. The zero-order valence-electron chi connectivity index (χ0n) is 12.1. The molecule has 1 aliphatic heterocycles. The van der Waals surface area contributed by atoms with Crippen LogP contribution in [0.5, 0.6) is 0 Å². The van der Waals surface area contributed by atoms with Crippen molar-refractivity contribution in [3.63, 3.8) is 0 Å². The highest BCUT2D eigenvalue weighted by Gasteiger charge is 2.20. The van der Waals surface area contributed by atoms with E-state index in [9.17, 15) is 4.79 Å². The molecule has 1 atom stereocenters. The van der Waals surface area contributed by atoms with E-state index in [-0.39, 0.29) is 11.4 Å². The predicted octanol–water partition coefficient (Wildman–Crippen LogP) is 1.61. The van der Waals surface area contributed by atoms with Crippen molar-refractivity contribution < 1.29 is 4.79 Å². The van der Waals surface area contributed by atoms with Gasteiger partial charge in [-0.2, -0.15) is 0 Å². The molecule has 1 aliphatic rings. The fraction of sp³-hybridized carbons (Fsp3) is 0.714. The highest BCUT2D eigenvalue weighted by atomic mass is 16.2. The van der Waals surface area contributed by atoms with E-state index in [0.717, 1.165) is 18.7 Å². The number of hydrogen-bond acceptors (Lipinski definition) is 3. The van der Waals surface area contributed by atoms with E-state index in [1.165, 1.54) is 12.8 Å². The molecule has 1 aromatic heterocycles. The molecule has 1 fully saturated rings. The average Bonchev–Trinajstić information content (AvgIpc) is 2.75. The van der Waals surface area contributed by atoms with Gasteiger partial charge in [-0.25, -0.2) is 4.98 Å². The molecule has 1 amide bonds. The lowest BCUT2D eigenvalue weighted by Gasteiger charge is -2.25. The quantitative estimate of drug-likeness (QED) is 0.872. The van der Waals surface area contributed by atoms with Gasteiger partial charge in [0.2, 0.25) is 5.91 Å². The lowest BCUT2D eigenvalue weighted by Crippen LogP contribution is -2.42. The van der Waals surface area contributed by atoms with E-state index in [1.54, 1.807) is 6.33 Å². The standard InChI is InChI=1S/C14H24N4O/c1-14(2,3)17-13(19)9-18-10-15-8-12(18)11-6-4-5-7-16-11/h8,10-11,16H,4-7,9H2,1-3H3,(H,17,19). The maximum absolute atomic E-state index is 12.0. The molecule has 2 heterocycles. The Balaban J connectivity index is 2.01. The minimum absolute atomic E-state index is 0.0301. The van der Waals surface area contributed by atoms with Crippen LogP contribution in [0.15, 0.2) is 12.5 Å². The summed E-state index contributed by atoms with van der Waals surface area (Å²) in [6, 6.07) is 0.332. The Bertz CT molecular complexity index is 427. The van der Waals surface area contributed by atoms with Crippen molar-refractivity contribution in [3.05, 3.63) is 18.2 Å². The van der Waals surface area contributed by atoms with E-state index >= 15 is 0 Å². The number of piperidine rings is 1. The van der Waals surface area contributed by atoms with Gasteiger partial charge >= 0.3 is 0 Å². The van der Waals surface area contributed by atoms with Gasteiger partial charge in [0.15, 0.2) is 0 Å². The molecule has 2 rings (SSSR count). The minimum atomic E-state index is -0.194. The maximum Gasteiger partial charge on any atom is 0.240 e. The van der Waals surface area contributed by atoms with Crippen LogP contribution in [0.2, 0.25) is 0 Å². The number of aromatic nitrogens is 2. The molecule has 5 nitrogen and oxygen atoms in total. The second kappa shape index (κ2) is 5.74. The van der Waals surface area contributed by atoms with Gasteiger partial charge in [-0.3, -0.25) is 4.79 Å². The van der Waals surface area contributed by atoms with Crippen LogP contribution in [0.4, 0.5) is 0 Å². The molecule has 19 heavy (non-hydrogen) atoms. The average molecular weight is 264 g/mol. The molecule has 0 aliphatic carbocycles. The number of imidazole rings is 1. The molecule has 0 bridgehead atoms. The third-order valence-electron chi connectivity index (χ3n) is 3.24. The Hall–Kier alpha value is -1.36. The monoisotopic (exact) mass is 264 g/mol. The summed E-state index contributed by atoms with van der Waals surface area (Å²) in [5, 5.41) is 6.47. The van der Waals surface area contributed by atoms with E-state index in [4.69, 9.17) is 0 Å². The van der Waals surface area contributed by atoms with Gasteiger partial charge in [-0.15, -0.1) is 0 Å². The Labute approximate surface area is 114 Å². The zero-order chi connectivity index (χ0) is 13.9. The topological polar surface area (TPSA) is 59.0 Å².